The highest BCUT2D eigenvalue weighted by molar-refractivity contribution is 7.99. The monoisotopic (exact) mass is 281 g/mol. The van der Waals surface area contributed by atoms with Gasteiger partial charge in [0.05, 0.1) is 0 Å². The van der Waals surface area contributed by atoms with Crippen molar-refractivity contribution in [3.63, 3.8) is 0 Å². The Hall–Kier alpha value is -1.01. The molecule has 1 saturated heterocycles. The summed E-state index contributed by atoms with van der Waals surface area (Å²) >= 11 is 2.01. The molecule has 0 bridgehead atoms. The number of nitrogens with one attached hydrogen (secondary N) is 2. The maximum Gasteiger partial charge on any atom is 0.148 e. The van der Waals surface area contributed by atoms with Gasteiger partial charge in [-0.15, -0.1) is 0 Å². The van der Waals surface area contributed by atoms with Crippen molar-refractivity contribution >= 4 is 23.4 Å². The Morgan fingerprint density at radius 3 is 2.79 bits per heavy atom. The molecule has 0 aromatic carbocycles. The second-order valence-corrected chi connectivity index (χ2v) is 6.06. The summed E-state index contributed by atoms with van der Waals surface area (Å²) in [5.74, 6) is 10.5. The quantitative estimate of drug-likeness (QED) is 0.568. The van der Waals surface area contributed by atoms with Crippen LogP contribution in [-0.4, -0.2) is 27.5 Å². The van der Waals surface area contributed by atoms with Gasteiger partial charge in [-0.25, -0.2) is 15.8 Å². The molecule has 1 unspecified atom stereocenters. The third kappa shape index (κ3) is 3.73. The Morgan fingerprint density at radius 1 is 1.37 bits per heavy atom. The van der Waals surface area contributed by atoms with Crippen LogP contribution in [0.1, 0.15) is 37.6 Å². The van der Waals surface area contributed by atoms with E-state index in [-0.39, 0.29) is 0 Å². The highest BCUT2D eigenvalue weighted by Crippen LogP contribution is 2.24. The van der Waals surface area contributed by atoms with Crippen LogP contribution >= 0.6 is 11.8 Å². The lowest BCUT2D eigenvalue weighted by Gasteiger charge is -2.24. The summed E-state index contributed by atoms with van der Waals surface area (Å²) in [5.41, 5.74) is 3.67. The normalized spacial score (nSPS) is 19.2. The van der Waals surface area contributed by atoms with Crippen LogP contribution in [0.3, 0.4) is 0 Å². The van der Waals surface area contributed by atoms with Crippen molar-refractivity contribution in [3.8, 4) is 0 Å². The number of hydrogen-bond donors (Lipinski definition) is 3. The van der Waals surface area contributed by atoms with Crippen LogP contribution in [0.4, 0.5) is 11.6 Å². The molecule has 5 nitrogen and oxygen atoms in total. The number of nitrogens with zero attached hydrogens (tertiary/aromatic N) is 2. The molecule has 4 N–H and O–H groups in total. The molecule has 2 heterocycles. The number of nitrogen functional groups attached to an aromatic ring is 1. The predicted octanol–water partition coefficient (Wildman–Crippen LogP) is 2.33. The molecule has 106 valence electrons. The molecule has 0 aliphatic carbocycles. The van der Waals surface area contributed by atoms with E-state index in [9.17, 15) is 0 Å². The van der Waals surface area contributed by atoms with E-state index in [4.69, 9.17) is 5.84 Å². The van der Waals surface area contributed by atoms with E-state index in [2.05, 4.69) is 27.6 Å². The van der Waals surface area contributed by atoms with Crippen LogP contribution in [0, 0.1) is 6.92 Å². The number of thioether (sulfide) groups is 1. The van der Waals surface area contributed by atoms with Gasteiger partial charge in [-0.05, 0) is 31.9 Å². The van der Waals surface area contributed by atoms with Crippen molar-refractivity contribution in [1.82, 2.24) is 9.97 Å². The Kier molecular flexibility index (Phi) is 5.27. The van der Waals surface area contributed by atoms with Crippen molar-refractivity contribution in [2.45, 2.75) is 45.6 Å². The van der Waals surface area contributed by atoms with Crippen LogP contribution in [-0.2, 0) is 6.42 Å². The molecule has 1 fully saturated rings. The summed E-state index contributed by atoms with van der Waals surface area (Å²) < 4.78 is 0. The minimum absolute atomic E-state index is 0.507. The number of anilines is 2. The smallest absolute Gasteiger partial charge is 0.148 e. The first-order valence-corrected chi connectivity index (χ1v) is 8.08. The van der Waals surface area contributed by atoms with Crippen LogP contribution in [0.25, 0.3) is 0 Å². The zero-order valence-corrected chi connectivity index (χ0v) is 12.5. The fraction of sp³-hybridized carbons (Fsp3) is 0.692. The molecule has 1 aliphatic rings. The second-order valence-electron chi connectivity index (χ2n) is 4.91. The maximum atomic E-state index is 5.55. The minimum atomic E-state index is 0.507. The molecule has 0 radical (unpaired) electrons. The van der Waals surface area contributed by atoms with Crippen molar-refractivity contribution < 1.29 is 0 Å². The van der Waals surface area contributed by atoms with Crippen molar-refractivity contribution in [1.29, 1.82) is 0 Å². The van der Waals surface area contributed by atoms with Gasteiger partial charge in [0, 0.05) is 23.8 Å². The molecule has 1 aromatic heterocycles. The Labute approximate surface area is 119 Å². The largest absolute Gasteiger partial charge is 0.366 e. The average Bonchev–Trinajstić information content (AvgIpc) is 2.43. The summed E-state index contributed by atoms with van der Waals surface area (Å²) in [6, 6.07) is 0.507. The Balaban J connectivity index is 2.18. The number of aromatic nitrogens is 2. The lowest BCUT2D eigenvalue weighted by Crippen LogP contribution is -2.27. The van der Waals surface area contributed by atoms with E-state index in [0.29, 0.717) is 6.04 Å². The highest BCUT2D eigenvalue weighted by Gasteiger charge is 2.17. The van der Waals surface area contributed by atoms with E-state index in [0.717, 1.165) is 41.6 Å². The van der Waals surface area contributed by atoms with Crippen molar-refractivity contribution in [2.75, 3.05) is 22.2 Å². The molecule has 2 rings (SSSR count). The van der Waals surface area contributed by atoms with E-state index in [1.807, 2.05) is 18.7 Å². The average molecular weight is 281 g/mol. The van der Waals surface area contributed by atoms with Gasteiger partial charge >= 0.3 is 0 Å². The minimum Gasteiger partial charge on any atom is -0.366 e. The fourth-order valence-electron chi connectivity index (χ4n) is 2.23. The molecule has 19 heavy (non-hydrogen) atoms. The first-order chi connectivity index (χ1) is 9.24. The number of aryl methyl sites for hydroxylation is 1. The predicted molar refractivity (Wildman–Crippen MR) is 82.5 cm³/mol. The number of hydrogen-bond acceptors (Lipinski definition) is 6. The van der Waals surface area contributed by atoms with Crippen molar-refractivity contribution in [3.05, 3.63) is 11.4 Å². The third-order valence-corrected chi connectivity index (χ3v) is 4.52. The highest BCUT2D eigenvalue weighted by atomic mass is 32.2. The topological polar surface area (TPSA) is 75.9 Å². The summed E-state index contributed by atoms with van der Waals surface area (Å²) in [6.45, 7) is 4.13. The summed E-state index contributed by atoms with van der Waals surface area (Å²) in [7, 11) is 0. The van der Waals surface area contributed by atoms with Gasteiger partial charge in [-0.3, -0.25) is 0 Å². The third-order valence-electron chi connectivity index (χ3n) is 3.30. The van der Waals surface area contributed by atoms with Crippen LogP contribution < -0.4 is 16.6 Å². The number of nitrogens with two attached hydrogens (primary N) is 1. The van der Waals surface area contributed by atoms with Gasteiger partial charge in [-0.2, -0.15) is 11.8 Å². The lowest BCUT2D eigenvalue weighted by molar-refractivity contribution is 0.679. The molecule has 6 heteroatoms. The molecule has 0 saturated carbocycles. The number of rotatable bonds is 5. The second kappa shape index (κ2) is 6.96. The van der Waals surface area contributed by atoms with Crippen LogP contribution in [0.5, 0.6) is 0 Å². The van der Waals surface area contributed by atoms with Gasteiger partial charge in [0.2, 0.25) is 0 Å². The van der Waals surface area contributed by atoms with E-state index in [1.165, 1.54) is 18.6 Å². The van der Waals surface area contributed by atoms with Gasteiger partial charge in [0.25, 0.3) is 0 Å². The fourth-order valence-corrected chi connectivity index (χ4v) is 3.30. The van der Waals surface area contributed by atoms with Crippen molar-refractivity contribution in [2.24, 2.45) is 5.84 Å². The number of hydrazine groups is 1. The first kappa shape index (κ1) is 14.4. The Bertz CT molecular complexity index is 418. The summed E-state index contributed by atoms with van der Waals surface area (Å²) in [4.78, 5) is 9.08. The van der Waals surface area contributed by atoms with E-state index >= 15 is 0 Å². The Morgan fingerprint density at radius 2 is 2.16 bits per heavy atom. The van der Waals surface area contributed by atoms with Crippen LogP contribution in [0.2, 0.25) is 0 Å². The van der Waals surface area contributed by atoms with Gasteiger partial charge in [0.1, 0.15) is 17.5 Å². The standard InChI is InChI=1S/C13H23N5S/c1-3-5-11-16-12(9(2)13(17-11)18-14)15-10-6-4-7-19-8-10/h10H,3-8,14H2,1-2H3,(H2,15,16,17,18). The maximum absolute atomic E-state index is 5.55. The molecule has 1 aromatic rings. The SMILES string of the molecule is CCCc1nc(NN)c(C)c(NC2CCCSC2)n1. The van der Waals surface area contributed by atoms with Gasteiger partial charge in [0.15, 0.2) is 0 Å². The van der Waals surface area contributed by atoms with E-state index in [1.54, 1.807) is 0 Å². The molecule has 0 amide bonds. The van der Waals surface area contributed by atoms with E-state index < -0.39 is 0 Å². The molecule has 0 spiro atoms. The molecule has 1 aliphatic heterocycles. The molecular formula is C13H23N5S. The van der Waals surface area contributed by atoms with Gasteiger partial charge < -0.3 is 10.7 Å². The summed E-state index contributed by atoms with van der Waals surface area (Å²) in [5, 5.41) is 3.56. The molecule has 1 atom stereocenters. The zero-order chi connectivity index (χ0) is 13.7. The lowest BCUT2D eigenvalue weighted by atomic mass is 10.1. The molecular weight excluding hydrogens is 258 g/mol. The summed E-state index contributed by atoms with van der Waals surface area (Å²) in [6.07, 6.45) is 4.40. The first-order valence-electron chi connectivity index (χ1n) is 6.93. The van der Waals surface area contributed by atoms with Gasteiger partial charge in [-0.1, -0.05) is 6.92 Å². The van der Waals surface area contributed by atoms with Crippen LogP contribution in [0.15, 0.2) is 0 Å². The zero-order valence-electron chi connectivity index (χ0n) is 11.7.